The van der Waals surface area contributed by atoms with Crippen molar-refractivity contribution in [2.45, 2.75) is 13.8 Å². The number of hydrogen-bond acceptors (Lipinski definition) is 1. The van der Waals surface area contributed by atoms with E-state index < -0.39 is 0 Å². The van der Waals surface area contributed by atoms with Gasteiger partial charge in [0.2, 0.25) is 0 Å². The van der Waals surface area contributed by atoms with Crippen LogP contribution in [-0.4, -0.2) is 6.29 Å². The second-order valence-electron chi connectivity index (χ2n) is 6.07. The zero-order chi connectivity index (χ0) is 17.8. The highest BCUT2D eigenvalue weighted by Gasteiger charge is 2.06. The summed E-state index contributed by atoms with van der Waals surface area (Å²) in [5.74, 6) is 0. The summed E-state index contributed by atoms with van der Waals surface area (Å²) in [6.07, 6.45) is 4.91. The number of benzene rings is 3. The molecule has 0 aliphatic carbocycles. The van der Waals surface area contributed by atoms with Crippen molar-refractivity contribution in [3.8, 4) is 11.1 Å². The maximum atomic E-state index is 11.0. The van der Waals surface area contributed by atoms with Crippen molar-refractivity contribution in [2.75, 3.05) is 0 Å². The van der Waals surface area contributed by atoms with E-state index in [1.165, 1.54) is 16.7 Å². The van der Waals surface area contributed by atoms with Gasteiger partial charge in [-0.05, 0) is 59.4 Å². The molecule has 0 radical (unpaired) electrons. The molecule has 25 heavy (non-hydrogen) atoms. The third-order valence-electron chi connectivity index (χ3n) is 4.42. The summed E-state index contributed by atoms with van der Waals surface area (Å²) >= 11 is 6.30. The Hall–Kier alpha value is -2.64. The van der Waals surface area contributed by atoms with Gasteiger partial charge in [-0.15, -0.1) is 0 Å². The molecule has 0 amide bonds. The van der Waals surface area contributed by atoms with E-state index in [1.807, 2.05) is 25.1 Å². The molecular weight excluding hydrogens is 328 g/mol. The van der Waals surface area contributed by atoms with Crippen LogP contribution in [0.2, 0.25) is 5.02 Å². The Morgan fingerprint density at radius 1 is 0.800 bits per heavy atom. The number of carbonyl (C=O) groups excluding carboxylic acids is 1. The lowest BCUT2D eigenvalue weighted by atomic mass is 9.96. The molecule has 0 aliphatic heterocycles. The zero-order valence-corrected chi connectivity index (χ0v) is 15.0. The average molecular weight is 347 g/mol. The van der Waals surface area contributed by atoms with Crippen LogP contribution in [0, 0.1) is 13.8 Å². The van der Waals surface area contributed by atoms with Crippen molar-refractivity contribution in [1.29, 1.82) is 0 Å². The topological polar surface area (TPSA) is 17.1 Å². The average Bonchev–Trinajstić information content (AvgIpc) is 2.63. The molecular formula is C23H19ClO. The first-order valence-electron chi connectivity index (χ1n) is 8.18. The molecule has 3 rings (SSSR count). The quantitative estimate of drug-likeness (QED) is 0.384. The monoisotopic (exact) mass is 346 g/mol. The van der Waals surface area contributed by atoms with E-state index >= 15 is 0 Å². The van der Waals surface area contributed by atoms with Crippen LogP contribution < -0.4 is 0 Å². The third kappa shape index (κ3) is 3.72. The predicted octanol–water partition coefficient (Wildman–Crippen LogP) is 6.61. The van der Waals surface area contributed by atoms with Gasteiger partial charge in [0.25, 0.3) is 0 Å². The van der Waals surface area contributed by atoms with Gasteiger partial charge in [-0.2, -0.15) is 0 Å². The smallest absolute Gasteiger partial charge is 0.150 e. The van der Waals surface area contributed by atoms with Gasteiger partial charge in [0, 0.05) is 10.6 Å². The molecule has 0 N–H and O–H groups in total. The first kappa shape index (κ1) is 17.2. The van der Waals surface area contributed by atoms with Crippen molar-refractivity contribution in [3.63, 3.8) is 0 Å². The highest BCUT2D eigenvalue weighted by Crippen LogP contribution is 2.28. The lowest BCUT2D eigenvalue weighted by Crippen LogP contribution is -1.89. The second-order valence-corrected chi connectivity index (χ2v) is 6.47. The maximum absolute atomic E-state index is 11.0. The maximum Gasteiger partial charge on any atom is 0.150 e. The van der Waals surface area contributed by atoms with Gasteiger partial charge >= 0.3 is 0 Å². The summed E-state index contributed by atoms with van der Waals surface area (Å²) in [6.45, 7) is 4.04. The molecule has 0 atom stereocenters. The van der Waals surface area contributed by atoms with Gasteiger partial charge in [0.1, 0.15) is 6.29 Å². The molecule has 0 saturated carbocycles. The standard InChI is InChI=1S/C23H19ClO/c1-16-13-20(23(24)14-21(16)15-25)12-11-18-9-6-10-22(17(18)2)19-7-4-3-5-8-19/h3-15H,1-2H3/b12-11+. The lowest BCUT2D eigenvalue weighted by molar-refractivity contribution is 0.112. The molecule has 0 heterocycles. The Morgan fingerprint density at radius 2 is 1.52 bits per heavy atom. The largest absolute Gasteiger partial charge is 0.298 e. The fourth-order valence-electron chi connectivity index (χ4n) is 2.92. The van der Waals surface area contributed by atoms with E-state index in [9.17, 15) is 4.79 Å². The van der Waals surface area contributed by atoms with E-state index in [4.69, 9.17) is 11.6 Å². The van der Waals surface area contributed by atoms with Gasteiger partial charge < -0.3 is 0 Å². The summed E-state index contributed by atoms with van der Waals surface area (Å²) in [7, 11) is 0. The Morgan fingerprint density at radius 3 is 2.24 bits per heavy atom. The molecule has 2 heteroatoms. The van der Waals surface area contributed by atoms with Crippen molar-refractivity contribution in [3.05, 3.63) is 93.5 Å². The van der Waals surface area contributed by atoms with Crippen molar-refractivity contribution in [1.82, 2.24) is 0 Å². The Kier molecular flexibility index (Phi) is 5.16. The van der Waals surface area contributed by atoms with Crippen LogP contribution in [0.5, 0.6) is 0 Å². The molecule has 1 nitrogen and oxygen atoms in total. The molecule has 0 saturated heterocycles. The summed E-state index contributed by atoms with van der Waals surface area (Å²) in [5.41, 5.74) is 7.27. The summed E-state index contributed by atoms with van der Waals surface area (Å²) in [5, 5.41) is 0.584. The number of rotatable bonds is 4. The van der Waals surface area contributed by atoms with Crippen LogP contribution >= 0.6 is 11.6 Å². The van der Waals surface area contributed by atoms with Crippen molar-refractivity contribution >= 4 is 30.0 Å². The number of hydrogen-bond donors (Lipinski definition) is 0. The Labute approximate surface area is 153 Å². The van der Waals surface area contributed by atoms with E-state index in [2.05, 4.69) is 55.5 Å². The van der Waals surface area contributed by atoms with Crippen molar-refractivity contribution < 1.29 is 4.79 Å². The van der Waals surface area contributed by atoms with E-state index in [0.717, 1.165) is 23.0 Å². The fourth-order valence-corrected chi connectivity index (χ4v) is 3.15. The van der Waals surface area contributed by atoms with Gasteiger partial charge in [-0.25, -0.2) is 0 Å². The van der Waals surface area contributed by atoms with Crippen molar-refractivity contribution in [2.24, 2.45) is 0 Å². The highest BCUT2D eigenvalue weighted by molar-refractivity contribution is 6.32. The highest BCUT2D eigenvalue weighted by atomic mass is 35.5. The molecule has 0 fully saturated rings. The van der Waals surface area contributed by atoms with Gasteiger partial charge in [-0.3, -0.25) is 4.79 Å². The van der Waals surface area contributed by atoms with E-state index in [-0.39, 0.29) is 0 Å². The van der Waals surface area contributed by atoms with Crippen LogP contribution in [0.25, 0.3) is 23.3 Å². The molecule has 0 aliphatic rings. The molecule has 3 aromatic rings. The summed E-state index contributed by atoms with van der Waals surface area (Å²) in [4.78, 5) is 11.0. The Bertz CT molecular complexity index is 940. The molecule has 0 unspecified atom stereocenters. The van der Waals surface area contributed by atoms with Gasteiger partial charge in [-0.1, -0.05) is 72.3 Å². The van der Waals surface area contributed by atoms with Crippen LogP contribution in [0.3, 0.4) is 0 Å². The Balaban J connectivity index is 1.98. The molecule has 0 bridgehead atoms. The number of aldehydes is 1. The summed E-state index contributed by atoms with van der Waals surface area (Å²) < 4.78 is 0. The number of aryl methyl sites for hydroxylation is 1. The first-order chi connectivity index (χ1) is 12.1. The minimum Gasteiger partial charge on any atom is -0.298 e. The summed E-state index contributed by atoms with van der Waals surface area (Å²) in [6, 6.07) is 20.3. The van der Waals surface area contributed by atoms with E-state index in [1.54, 1.807) is 6.07 Å². The SMILES string of the molecule is Cc1cc(/C=C/c2cccc(-c3ccccc3)c2C)c(Cl)cc1C=O. The van der Waals surface area contributed by atoms with Gasteiger partial charge in [0.15, 0.2) is 0 Å². The molecule has 3 aromatic carbocycles. The predicted molar refractivity (Wildman–Crippen MR) is 107 cm³/mol. The van der Waals surface area contributed by atoms with Crippen LogP contribution in [0.1, 0.15) is 32.6 Å². The van der Waals surface area contributed by atoms with Gasteiger partial charge in [0.05, 0.1) is 0 Å². The lowest BCUT2D eigenvalue weighted by Gasteiger charge is -2.09. The minimum absolute atomic E-state index is 0.584. The molecule has 0 aromatic heterocycles. The van der Waals surface area contributed by atoms with Crippen LogP contribution in [-0.2, 0) is 0 Å². The third-order valence-corrected chi connectivity index (χ3v) is 4.74. The molecule has 124 valence electrons. The van der Waals surface area contributed by atoms with Crippen LogP contribution in [0.4, 0.5) is 0 Å². The first-order valence-corrected chi connectivity index (χ1v) is 8.56. The number of halogens is 1. The molecule has 0 spiro atoms. The minimum atomic E-state index is 0.584. The zero-order valence-electron chi connectivity index (χ0n) is 14.3. The second kappa shape index (κ2) is 7.50. The normalized spacial score (nSPS) is 11.0. The fraction of sp³-hybridized carbons (Fsp3) is 0.0870. The van der Waals surface area contributed by atoms with E-state index in [0.29, 0.717) is 10.6 Å². The number of carbonyl (C=O) groups is 1. The van der Waals surface area contributed by atoms with Crippen LogP contribution in [0.15, 0.2) is 60.7 Å².